The maximum atomic E-state index is 5.74. The van der Waals surface area contributed by atoms with Crippen LogP contribution in [-0.2, 0) is 12.8 Å². The molecule has 1 atom stereocenters. The van der Waals surface area contributed by atoms with Crippen molar-refractivity contribution in [3.05, 3.63) is 59.2 Å². The highest BCUT2D eigenvalue weighted by Gasteiger charge is 2.24. The van der Waals surface area contributed by atoms with Crippen LogP contribution >= 0.6 is 0 Å². The van der Waals surface area contributed by atoms with E-state index in [-0.39, 0.29) is 0 Å². The quantitative estimate of drug-likeness (QED) is 0.918. The highest BCUT2D eigenvalue weighted by molar-refractivity contribution is 5.50. The van der Waals surface area contributed by atoms with Crippen molar-refractivity contribution in [1.29, 1.82) is 0 Å². The molecule has 2 aliphatic heterocycles. The zero-order valence-electron chi connectivity index (χ0n) is 12.0. The van der Waals surface area contributed by atoms with Crippen LogP contribution < -0.4 is 14.8 Å². The molecular formula is C18H19NO2. The lowest BCUT2D eigenvalue weighted by Crippen LogP contribution is -2.31. The van der Waals surface area contributed by atoms with Crippen molar-refractivity contribution in [2.75, 3.05) is 19.8 Å². The number of benzene rings is 2. The normalized spacial score (nSPS) is 19.9. The zero-order chi connectivity index (χ0) is 14.1. The fourth-order valence-electron chi connectivity index (χ4n) is 3.21. The number of fused-ring (bicyclic) bond motifs is 2. The molecule has 3 nitrogen and oxygen atoms in total. The number of hydrogen-bond donors (Lipinski definition) is 1. The molecule has 4 rings (SSSR count). The Hall–Kier alpha value is -2.00. The van der Waals surface area contributed by atoms with Gasteiger partial charge in [0.15, 0.2) is 11.5 Å². The lowest BCUT2D eigenvalue weighted by molar-refractivity contribution is 0.171. The molecule has 108 valence electrons. The molecule has 1 N–H and O–H groups in total. The summed E-state index contributed by atoms with van der Waals surface area (Å²) in [6.07, 6.45) is 2.06. The van der Waals surface area contributed by atoms with Gasteiger partial charge < -0.3 is 14.8 Å². The van der Waals surface area contributed by atoms with Crippen LogP contribution in [0.15, 0.2) is 42.5 Å². The Morgan fingerprint density at radius 3 is 2.57 bits per heavy atom. The Balaban J connectivity index is 1.67. The highest BCUT2D eigenvalue weighted by atomic mass is 16.6. The lowest BCUT2D eigenvalue weighted by atomic mass is 9.90. The first-order valence-electron chi connectivity index (χ1n) is 7.60. The van der Waals surface area contributed by atoms with E-state index in [2.05, 4.69) is 47.8 Å². The van der Waals surface area contributed by atoms with Gasteiger partial charge in [-0.15, -0.1) is 0 Å². The van der Waals surface area contributed by atoms with Crippen LogP contribution in [-0.4, -0.2) is 19.8 Å². The molecule has 0 spiro atoms. The summed E-state index contributed by atoms with van der Waals surface area (Å²) in [6, 6.07) is 15.3. The summed E-state index contributed by atoms with van der Waals surface area (Å²) in [7, 11) is 0. The molecule has 0 amide bonds. The molecule has 0 aromatic heterocycles. The molecule has 2 aliphatic rings. The first-order valence-corrected chi connectivity index (χ1v) is 7.60. The zero-order valence-corrected chi connectivity index (χ0v) is 12.0. The first kappa shape index (κ1) is 12.7. The summed E-state index contributed by atoms with van der Waals surface area (Å²) in [6.45, 7) is 2.31. The molecule has 1 unspecified atom stereocenters. The second-order valence-electron chi connectivity index (χ2n) is 5.64. The fourth-order valence-corrected chi connectivity index (χ4v) is 3.21. The fraction of sp³-hybridized carbons (Fsp3) is 0.333. The van der Waals surface area contributed by atoms with Gasteiger partial charge in [0.25, 0.3) is 0 Å². The van der Waals surface area contributed by atoms with E-state index in [4.69, 9.17) is 9.47 Å². The van der Waals surface area contributed by atoms with Crippen LogP contribution in [0.5, 0.6) is 11.5 Å². The Morgan fingerprint density at radius 2 is 1.76 bits per heavy atom. The van der Waals surface area contributed by atoms with Gasteiger partial charge in [0, 0.05) is 6.04 Å². The van der Waals surface area contributed by atoms with Crippen LogP contribution in [0, 0.1) is 0 Å². The van der Waals surface area contributed by atoms with Crippen molar-refractivity contribution < 1.29 is 9.47 Å². The molecule has 0 saturated heterocycles. The minimum absolute atomic E-state index is 0.354. The average molecular weight is 281 g/mol. The van der Waals surface area contributed by atoms with Gasteiger partial charge in [-0.05, 0) is 48.2 Å². The lowest BCUT2D eigenvalue weighted by Gasteiger charge is -2.29. The summed E-state index contributed by atoms with van der Waals surface area (Å²) in [5, 5.41) is 3.63. The topological polar surface area (TPSA) is 30.5 Å². The summed E-state index contributed by atoms with van der Waals surface area (Å²) in [4.78, 5) is 0. The predicted molar refractivity (Wildman–Crippen MR) is 82.0 cm³/mol. The SMILES string of the molecule is c1ccc(CC2NCCc3cc4c(cc32)OCCO4)cc1. The van der Waals surface area contributed by atoms with Crippen molar-refractivity contribution in [2.45, 2.75) is 18.9 Å². The molecule has 2 heterocycles. The third kappa shape index (κ3) is 2.49. The van der Waals surface area contributed by atoms with Crippen molar-refractivity contribution >= 4 is 0 Å². The van der Waals surface area contributed by atoms with E-state index >= 15 is 0 Å². The molecule has 2 aromatic rings. The van der Waals surface area contributed by atoms with Crippen LogP contribution in [0.3, 0.4) is 0 Å². The van der Waals surface area contributed by atoms with E-state index in [0.717, 1.165) is 30.9 Å². The van der Waals surface area contributed by atoms with E-state index in [1.807, 2.05) is 0 Å². The standard InChI is InChI=1S/C18H19NO2/c1-2-4-13(5-3-1)10-16-15-12-18-17(20-8-9-21-18)11-14(15)6-7-19-16/h1-5,11-12,16,19H,6-10H2. The predicted octanol–water partition coefficient (Wildman–Crippen LogP) is 2.89. The molecule has 0 fully saturated rings. The van der Waals surface area contributed by atoms with Crippen molar-refractivity contribution in [2.24, 2.45) is 0 Å². The Kier molecular flexibility index (Phi) is 3.28. The third-order valence-electron chi connectivity index (χ3n) is 4.25. The minimum atomic E-state index is 0.354. The number of nitrogens with one attached hydrogen (secondary N) is 1. The maximum absolute atomic E-state index is 5.74. The molecule has 0 saturated carbocycles. The smallest absolute Gasteiger partial charge is 0.161 e. The van der Waals surface area contributed by atoms with Crippen molar-refractivity contribution in [3.63, 3.8) is 0 Å². The Morgan fingerprint density at radius 1 is 1.00 bits per heavy atom. The largest absolute Gasteiger partial charge is 0.486 e. The molecule has 0 aliphatic carbocycles. The van der Waals surface area contributed by atoms with Gasteiger partial charge in [0.05, 0.1) is 0 Å². The van der Waals surface area contributed by atoms with Gasteiger partial charge in [-0.2, -0.15) is 0 Å². The van der Waals surface area contributed by atoms with Crippen LogP contribution in [0.4, 0.5) is 0 Å². The second-order valence-corrected chi connectivity index (χ2v) is 5.64. The van der Waals surface area contributed by atoms with Crippen molar-refractivity contribution in [3.8, 4) is 11.5 Å². The molecular weight excluding hydrogens is 262 g/mol. The van der Waals surface area contributed by atoms with Crippen LogP contribution in [0.1, 0.15) is 22.7 Å². The van der Waals surface area contributed by atoms with Gasteiger partial charge in [-0.3, -0.25) is 0 Å². The van der Waals surface area contributed by atoms with E-state index in [1.165, 1.54) is 16.7 Å². The molecule has 2 aromatic carbocycles. The van der Waals surface area contributed by atoms with Gasteiger partial charge in [-0.1, -0.05) is 30.3 Å². The summed E-state index contributed by atoms with van der Waals surface area (Å²) in [5.41, 5.74) is 4.10. The number of rotatable bonds is 2. The summed E-state index contributed by atoms with van der Waals surface area (Å²) >= 11 is 0. The molecule has 21 heavy (non-hydrogen) atoms. The van der Waals surface area contributed by atoms with Crippen molar-refractivity contribution in [1.82, 2.24) is 5.32 Å². The van der Waals surface area contributed by atoms with Crippen LogP contribution in [0.2, 0.25) is 0 Å². The van der Waals surface area contributed by atoms with Gasteiger partial charge in [0.2, 0.25) is 0 Å². The minimum Gasteiger partial charge on any atom is -0.486 e. The van der Waals surface area contributed by atoms with E-state index in [1.54, 1.807) is 0 Å². The monoisotopic (exact) mass is 281 g/mol. The Labute approximate surface area is 124 Å². The first-order chi connectivity index (χ1) is 10.4. The van der Waals surface area contributed by atoms with Gasteiger partial charge in [0.1, 0.15) is 13.2 Å². The molecule has 3 heteroatoms. The van der Waals surface area contributed by atoms with Crippen LogP contribution in [0.25, 0.3) is 0 Å². The summed E-state index contributed by atoms with van der Waals surface area (Å²) in [5.74, 6) is 1.79. The summed E-state index contributed by atoms with van der Waals surface area (Å²) < 4.78 is 11.4. The molecule has 0 bridgehead atoms. The Bertz CT molecular complexity index is 639. The number of hydrogen-bond acceptors (Lipinski definition) is 3. The number of ether oxygens (including phenoxy) is 2. The van der Waals surface area contributed by atoms with Gasteiger partial charge >= 0.3 is 0 Å². The highest BCUT2D eigenvalue weighted by Crippen LogP contribution is 2.37. The van der Waals surface area contributed by atoms with Gasteiger partial charge in [-0.25, -0.2) is 0 Å². The molecule has 0 radical (unpaired) electrons. The van der Waals surface area contributed by atoms with E-state index in [9.17, 15) is 0 Å². The maximum Gasteiger partial charge on any atom is 0.161 e. The second kappa shape index (κ2) is 5.41. The van der Waals surface area contributed by atoms with E-state index in [0.29, 0.717) is 19.3 Å². The third-order valence-corrected chi connectivity index (χ3v) is 4.25. The average Bonchev–Trinajstić information content (AvgIpc) is 2.54. The van der Waals surface area contributed by atoms with E-state index < -0.39 is 0 Å².